The summed E-state index contributed by atoms with van der Waals surface area (Å²) in [6.07, 6.45) is 0.797. The summed E-state index contributed by atoms with van der Waals surface area (Å²) < 4.78 is 13.3. The van der Waals surface area contributed by atoms with Gasteiger partial charge < -0.3 is 14.1 Å². The van der Waals surface area contributed by atoms with Crippen molar-refractivity contribution in [3.63, 3.8) is 0 Å². The Labute approximate surface area is 191 Å². The number of hydrogen-bond acceptors (Lipinski definition) is 4. The summed E-state index contributed by atoms with van der Waals surface area (Å²) in [5.74, 6) is -0.133. The van der Waals surface area contributed by atoms with E-state index in [2.05, 4.69) is 31.9 Å². The van der Waals surface area contributed by atoms with Gasteiger partial charge in [-0.15, -0.1) is 0 Å². The summed E-state index contributed by atoms with van der Waals surface area (Å²) in [7, 11) is 0. The van der Waals surface area contributed by atoms with Gasteiger partial charge in [0.25, 0.3) is 5.91 Å². The number of nitrogens with zero attached hydrogens (tertiary/aromatic N) is 1. The summed E-state index contributed by atoms with van der Waals surface area (Å²) in [6.45, 7) is 4.96. The Balaban J connectivity index is 1.83. The van der Waals surface area contributed by atoms with Crippen LogP contribution >= 0.6 is 31.9 Å². The maximum absolute atomic E-state index is 13.5. The maximum atomic E-state index is 13.5. The van der Waals surface area contributed by atoms with E-state index in [1.165, 1.54) is 0 Å². The topological polar surface area (TPSA) is 59.8 Å². The molecule has 5 nitrogen and oxygen atoms in total. The molecule has 2 aromatic carbocycles. The lowest BCUT2D eigenvalue weighted by molar-refractivity contribution is 0.0593. The molecule has 0 N–H and O–H groups in total. The SMILES string of the molecule is CC(C)OCCCN1C(=O)c2oc3ccc(Br)cc3c(=O)c2C1c1cccc(Br)c1. The predicted molar refractivity (Wildman–Crippen MR) is 123 cm³/mol. The van der Waals surface area contributed by atoms with Gasteiger partial charge in [-0.3, -0.25) is 9.59 Å². The molecule has 1 unspecified atom stereocenters. The Morgan fingerprint density at radius 1 is 1.10 bits per heavy atom. The molecule has 0 bridgehead atoms. The van der Waals surface area contributed by atoms with Crippen molar-refractivity contribution in [3.05, 3.63) is 78.5 Å². The smallest absolute Gasteiger partial charge is 0.290 e. The first-order chi connectivity index (χ1) is 14.4. The first-order valence-electron chi connectivity index (χ1n) is 9.81. The lowest BCUT2D eigenvalue weighted by Crippen LogP contribution is -2.31. The summed E-state index contributed by atoms with van der Waals surface area (Å²) >= 11 is 6.92. The maximum Gasteiger partial charge on any atom is 0.290 e. The van der Waals surface area contributed by atoms with Crippen LogP contribution in [0.15, 0.2) is 60.6 Å². The van der Waals surface area contributed by atoms with E-state index in [0.29, 0.717) is 36.1 Å². The average Bonchev–Trinajstić information content (AvgIpc) is 2.98. The first kappa shape index (κ1) is 21.3. The van der Waals surface area contributed by atoms with Crippen molar-refractivity contribution in [3.8, 4) is 0 Å². The second kappa shape index (κ2) is 8.65. The minimum atomic E-state index is -0.497. The molecule has 3 aromatic rings. The zero-order valence-electron chi connectivity index (χ0n) is 16.7. The molecule has 0 fully saturated rings. The van der Waals surface area contributed by atoms with Crippen molar-refractivity contribution in [2.75, 3.05) is 13.2 Å². The third-order valence-electron chi connectivity index (χ3n) is 5.09. The molecule has 1 aliphatic rings. The molecule has 2 heterocycles. The Hall–Kier alpha value is -1.96. The zero-order chi connectivity index (χ0) is 21.4. The van der Waals surface area contributed by atoms with Gasteiger partial charge in [-0.25, -0.2) is 0 Å². The highest BCUT2D eigenvalue weighted by Crippen LogP contribution is 2.39. The molecule has 30 heavy (non-hydrogen) atoms. The molecule has 1 amide bonds. The first-order valence-corrected chi connectivity index (χ1v) is 11.4. The van der Waals surface area contributed by atoms with Crippen LogP contribution in [0, 0.1) is 0 Å². The average molecular weight is 535 g/mol. The van der Waals surface area contributed by atoms with E-state index < -0.39 is 6.04 Å². The highest BCUT2D eigenvalue weighted by Gasteiger charge is 2.42. The molecule has 1 aromatic heterocycles. The number of fused-ring (bicyclic) bond motifs is 2. The van der Waals surface area contributed by atoms with E-state index in [0.717, 1.165) is 14.5 Å². The highest BCUT2D eigenvalue weighted by molar-refractivity contribution is 9.10. The number of amides is 1. The van der Waals surface area contributed by atoms with Crippen LogP contribution < -0.4 is 5.43 Å². The predicted octanol–water partition coefficient (Wildman–Crippen LogP) is 5.68. The molecule has 0 saturated heterocycles. The zero-order valence-corrected chi connectivity index (χ0v) is 19.8. The van der Waals surface area contributed by atoms with Crippen molar-refractivity contribution in [1.82, 2.24) is 4.90 Å². The van der Waals surface area contributed by atoms with Gasteiger partial charge in [-0.2, -0.15) is 0 Å². The van der Waals surface area contributed by atoms with E-state index >= 15 is 0 Å². The summed E-state index contributed by atoms with van der Waals surface area (Å²) in [6, 6.07) is 12.4. The minimum Gasteiger partial charge on any atom is -0.450 e. The van der Waals surface area contributed by atoms with Gasteiger partial charge >= 0.3 is 0 Å². The quantitative estimate of drug-likeness (QED) is 0.382. The van der Waals surface area contributed by atoms with Crippen LogP contribution in [0.25, 0.3) is 11.0 Å². The largest absolute Gasteiger partial charge is 0.450 e. The van der Waals surface area contributed by atoms with Crippen molar-refractivity contribution < 1.29 is 13.9 Å². The van der Waals surface area contributed by atoms with Gasteiger partial charge in [0, 0.05) is 22.1 Å². The lowest BCUT2D eigenvalue weighted by atomic mass is 9.98. The third-order valence-corrected chi connectivity index (χ3v) is 6.07. The van der Waals surface area contributed by atoms with Gasteiger partial charge in [-0.1, -0.05) is 44.0 Å². The molecule has 0 radical (unpaired) electrons. The van der Waals surface area contributed by atoms with E-state index in [-0.39, 0.29) is 23.2 Å². The van der Waals surface area contributed by atoms with E-state index in [4.69, 9.17) is 9.15 Å². The number of halogens is 2. The molecular weight excluding hydrogens is 514 g/mol. The Morgan fingerprint density at radius 2 is 1.87 bits per heavy atom. The molecule has 1 atom stereocenters. The molecule has 4 rings (SSSR count). The fraction of sp³-hybridized carbons (Fsp3) is 0.304. The van der Waals surface area contributed by atoms with Crippen LogP contribution in [0.2, 0.25) is 0 Å². The summed E-state index contributed by atoms with van der Waals surface area (Å²) in [5, 5.41) is 0.459. The van der Waals surface area contributed by atoms with Gasteiger partial charge in [0.2, 0.25) is 5.76 Å². The fourth-order valence-corrected chi connectivity index (χ4v) is 4.58. The van der Waals surface area contributed by atoms with E-state index in [9.17, 15) is 9.59 Å². The van der Waals surface area contributed by atoms with Crippen LogP contribution in [0.5, 0.6) is 0 Å². The van der Waals surface area contributed by atoms with Crippen molar-refractivity contribution >= 4 is 48.7 Å². The summed E-state index contributed by atoms with van der Waals surface area (Å²) in [4.78, 5) is 28.5. The van der Waals surface area contributed by atoms with Crippen molar-refractivity contribution in [1.29, 1.82) is 0 Å². The Morgan fingerprint density at radius 3 is 2.60 bits per heavy atom. The number of carbonyl (C=O) groups excluding carboxylic acids is 1. The molecule has 7 heteroatoms. The molecule has 0 spiro atoms. The number of ether oxygens (including phenoxy) is 1. The number of carbonyl (C=O) groups is 1. The van der Waals surface area contributed by atoms with E-state index in [1.54, 1.807) is 23.1 Å². The Kier molecular flexibility index (Phi) is 6.14. The molecule has 0 aliphatic carbocycles. The highest BCUT2D eigenvalue weighted by atomic mass is 79.9. The van der Waals surface area contributed by atoms with Gasteiger partial charge in [-0.05, 0) is 56.2 Å². The minimum absolute atomic E-state index is 0.129. The van der Waals surface area contributed by atoms with Gasteiger partial charge in [0.15, 0.2) is 5.43 Å². The number of hydrogen-bond donors (Lipinski definition) is 0. The second-order valence-electron chi connectivity index (χ2n) is 7.54. The molecule has 0 saturated carbocycles. The lowest BCUT2D eigenvalue weighted by Gasteiger charge is -2.25. The van der Waals surface area contributed by atoms with Crippen LogP contribution in [0.1, 0.15) is 48.0 Å². The van der Waals surface area contributed by atoms with Crippen LogP contribution in [0.3, 0.4) is 0 Å². The Bertz CT molecular complexity index is 1170. The molecule has 1 aliphatic heterocycles. The standard InChI is InChI=1S/C23H21Br2NO4/c1-13(2)29-10-4-9-26-20(14-5-3-6-15(24)11-14)19-21(27)17-12-16(25)7-8-18(17)30-22(19)23(26)28/h3,5-8,11-13,20H,4,9-10H2,1-2H3. The van der Waals surface area contributed by atoms with Crippen LogP contribution in [0.4, 0.5) is 0 Å². The van der Waals surface area contributed by atoms with Crippen LogP contribution in [-0.4, -0.2) is 30.1 Å². The number of rotatable bonds is 6. The van der Waals surface area contributed by atoms with E-state index in [1.807, 2.05) is 38.1 Å². The monoisotopic (exact) mass is 533 g/mol. The number of benzene rings is 2. The molecular formula is C23H21Br2NO4. The summed E-state index contributed by atoms with van der Waals surface area (Å²) in [5.41, 5.74) is 1.50. The van der Waals surface area contributed by atoms with Gasteiger partial charge in [0.1, 0.15) is 5.58 Å². The van der Waals surface area contributed by atoms with Crippen molar-refractivity contribution in [2.45, 2.75) is 32.4 Å². The van der Waals surface area contributed by atoms with Crippen LogP contribution in [-0.2, 0) is 4.74 Å². The second-order valence-corrected chi connectivity index (χ2v) is 9.38. The molecule has 156 valence electrons. The van der Waals surface area contributed by atoms with Crippen molar-refractivity contribution in [2.24, 2.45) is 0 Å². The van der Waals surface area contributed by atoms with Gasteiger partial charge in [0.05, 0.1) is 23.1 Å². The normalized spacial score (nSPS) is 16.0. The fourth-order valence-electron chi connectivity index (χ4n) is 3.80. The third kappa shape index (κ3) is 3.98.